The van der Waals surface area contributed by atoms with Gasteiger partial charge in [-0.3, -0.25) is 4.79 Å². The highest BCUT2D eigenvalue weighted by Crippen LogP contribution is 2.20. The van der Waals surface area contributed by atoms with E-state index in [0.29, 0.717) is 29.8 Å². The predicted molar refractivity (Wildman–Crippen MR) is 117 cm³/mol. The van der Waals surface area contributed by atoms with Gasteiger partial charge in [-0.15, -0.1) is 0 Å². The Kier molecular flexibility index (Phi) is 10.2. The predicted octanol–water partition coefficient (Wildman–Crippen LogP) is 5.33. The quantitative estimate of drug-likeness (QED) is 0.217. The number of aromatic hydroxyl groups is 1. The molecule has 0 fully saturated rings. The van der Waals surface area contributed by atoms with E-state index in [2.05, 4.69) is 6.92 Å². The van der Waals surface area contributed by atoms with Crippen molar-refractivity contribution in [3.8, 4) is 5.75 Å². The lowest BCUT2D eigenvalue weighted by Crippen LogP contribution is -2.06. The molecule has 0 aliphatic carbocycles. The van der Waals surface area contributed by atoms with Crippen LogP contribution in [0.4, 0.5) is 5.69 Å². The number of rotatable bonds is 7. The Labute approximate surface area is 173 Å². The van der Waals surface area contributed by atoms with Gasteiger partial charge in [0.1, 0.15) is 5.75 Å². The van der Waals surface area contributed by atoms with Gasteiger partial charge in [-0.2, -0.15) is 0 Å². The zero-order chi connectivity index (χ0) is 21.8. The molecular weight excluding hydrogens is 366 g/mol. The number of ether oxygens (including phenoxy) is 1. The van der Waals surface area contributed by atoms with Crippen LogP contribution in [0.15, 0.2) is 54.1 Å². The fourth-order valence-corrected chi connectivity index (χ4v) is 2.29. The van der Waals surface area contributed by atoms with Gasteiger partial charge in [-0.05, 0) is 81.6 Å². The van der Waals surface area contributed by atoms with Crippen molar-refractivity contribution in [2.45, 2.75) is 47.0 Å². The molecular formula is C24H31NO4. The summed E-state index contributed by atoms with van der Waals surface area (Å²) in [6, 6.07) is 11.7. The Hall–Kier alpha value is -3.08. The first-order valence-corrected chi connectivity index (χ1v) is 9.73. The molecule has 0 heterocycles. The van der Waals surface area contributed by atoms with Crippen LogP contribution < -0.4 is 5.73 Å². The lowest BCUT2D eigenvalue weighted by molar-refractivity contribution is 0.0499. The number of phenolic OH excluding ortho intramolecular Hbond substituents is 1. The molecule has 0 saturated heterocycles. The van der Waals surface area contributed by atoms with Crippen LogP contribution in [-0.2, 0) is 11.2 Å². The highest BCUT2D eigenvalue weighted by atomic mass is 16.5. The molecule has 0 radical (unpaired) electrons. The second-order valence-electron chi connectivity index (χ2n) is 7.00. The molecule has 2 rings (SSSR count). The number of anilines is 1. The highest BCUT2D eigenvalue weighted by molar-refractivity contribution is 5.94. The number of nitrogens with two attached hydrogens (primary N) is 1. The lowest BCUT2D eigenvalue weighted by Gasteiger charge is -2.04. The molecule has 0 spiro atoms. The number of phenols is 1. The van der Waals surface area contributed by atoms with Crippen molar-refractivity contribution in [2.24, 2.45) is 0 Å². The average Bonchev–Trinajstić information content (AvgIpc) is 2.68. The van der Waals surface area contributed by atoms with Crippen LogP contribution in [0.3, 0.4) is 0 Å². The molecule has 0 atom stereocenters. The van der Waals surface area contributed by atoms with Crippen molar-refractivity contribution in [1.29, 1.82) is 0 Å². The van der Waals surface area contributed by atoms with Crippen molar-refractivity contribution >= 4 is 17.4 Å². The number of allylic oxidation sites excluding steroid dienone is 2. The van der Waals surface area contributed by atoms with E-state index < -0.39 is 0 Å². The van der Waals surface area contributed by atoms with Crippen molar-refractivity contribution in [3.63, 3.8) is 0 Å². The number of carbonyl (C=O) groups is 2. The topological polar surface area (TPSA) is 89.6 Å². The Bertz CT molecular complexity index is 834. The van der Waals surface area contributed by atoms with Gasteiger partial charge in [0.15, 0.2) is 5.78 Å². The number of Topliss-reactive ketones (excluding diaryl/α,β-unsaturated/α-hetero) is 1. The summed E-state index contributed by atoms with van der Waals surface area (Å²) in [6.07, 6.45) is 4.62. The van der Waals surface area contributed by atoms with Crippen LogP contribution in [0.5, 0.6) is 5.75 Å². The highest BCUT2D eigenvalue weighted by Gasteiger charge is 2.05. The number of benzene rings is 2. The van der Waals surface area contributed by atoms with Gasteiger partial charge >= 0.3 is 5.97 Å². The van der Waals surface area contributed by atoms with Crippen molar-refractivity contribution in [1.82, 2.24) is 0 Å². The smallest absolute Gasteiger partial charge is 0.338 e. The number of ketones is 1. The van der Waals surface area contributed by atoms with Crippen molar-refractivity contribution in [3.05, 3.63) is 70.8 Å². The maximum Gasteiger partial charge on any atom is 0.338 e. The fraction of sp³-hybridized carbons (Fsp3) is 0.333. The molecule has 0 unspecified atom stereocenters. The molecule has 0 saturated carbocycles. The van der Waals surface area contributed by atoms with E-state index in [1.54, 1.807) is 42.5 Å². The van der Waals surface area contributed by atoms with E-state index >= 15 is 0 Å². The molecule has 0 bridgehead atoms. The van der Waals surface area contributed by atoms with Gasteiger partial charge < -0.3 is 15.6 Å². The maximum atomic E-state index is 11.4. The van der Waals surface area contributed by atoms with E-state index in [-0.39, 0.29) is 17.5 Å². The van der Waals surface area contributed by atoms with E-state index in [4.69, 9.17) is 10.5 Å². The normalized spacial score (nSPS) is 9.79. The SMILES string of the molecule is CC(=O)c1ccc(O)c(CC=C(C)C)c1.CCCCOC(=O)c1ccc(N)cc1. The van der Waals surface area contributed by atoms with Gasteiger partial charge in [-0.25, -0.2) is 4.79 Å². The molecule has 2 aromatic carbocycles. The standard InChI is InChI=1S/C13H16O2.C11H15NO2/c1-9(2)4-5-12-8-11(10(3)14)6-7-13(12)15;1-2-3-8-14-11(13)9-4-6-10(12)7-5-9/h4,6-8,15H,5H2,1-3H3;4-7H,2-3,8,12H2,1H3. The van der Waals surface area contributed by atoms with Gasteiger partial charge in [-0.1, -0.05) is 25.0 Å². The third-order valence-electron chi connectivity index (χ3n) is 4.09. The van der Waals surface area contributed by atoms with Gasteiger partial charge in [0.25, 0.3) is 0 Å². The molecule has 3 N–H and O–H groups in total. The van der Waals surface area contributed by atoms with E-state index in [1.807, 2.05) is 19.9 Å². The summed E-state index contributed by atoms with van der Waals surface area (Å²) < 4.78 is 5.03. The second kappa shape index (κ2) is 12.4. The molecule has 156 valence electrons. The number of hydrogen-bond acceptors (Lipinski definition) is 5. The molecule has 0 amide bonds. The van der Waals surface area contributed by atoms with Crippen LogP contribution in [0.2, 0.25) is 0 Å². The van der Waals surface area contributed by atoms with E-state index in [1.165, 1.54) is 12.5 Å². The summed E-state index contributed by atoms with van der Waals surface area (Å²) in [5.41, 5.74) is 9.33. The molecule has 29 heavy (non-hydrogen) atoms. The lowest BCUT2D eigenvalue weighted by atomic mass is 10.0. The van der Waals surface area contributed by atoms with Crippen LogP contribution in [-0.4, -0.2) is 23.5 Å². The Morgan fingerprint density at radius 3 is 2.21 bits per heavy atom. The van der Waals surface area contributed by atoms with Crippen LogP contribution in [0, 0.1) is 0 Å². The number of unbranched alkanes of at least 4 members (excludes halogenated alkanes) is 1. The Morgan fingerprint density at radius 1 is 1.03 bits per heavy atom. The third-order valence-corrected chi connectivity index (χ3v) is 4.09. The number of hydrogen-bond donors (Lipinski definition) is 2. The first-order valence-electron chi connectivity index (χ1n) is 9.73. The summed E-state index contributed by atoms with van der Waals surface area (Å²) in [7, 11) is 0. The Balaban J connectivity index is 0.000000291. The second-order valence-corrected chi connectivity index (χ2v) is 7.00. The largest absolute Gasteiger partial charge is 0.508 e. The van der Waals surface area contributed by atoms with Crippen LogP contribution >= 0.6 is 0 Å². The van der Waals surface area contributed by atoms with Gasteiger partial charge in [0, 0.05) is 11.3 Å². The van der Waals surface area contributed by atoms with Gasteiger partial charge in [0.2, 0.25) is 0 Å². The minimum absolute atomic E-state index is 0.0217. The Morgan fingerprint density at radius 2 is 1.66 bits per heavy atom. The first-order chi connectivity index (χ1) is 13.7. The summed E-state index contributed by atoms with van der Waals surface area (Å²) in [5, 5.41) is 9.59. The maximum absolute atomic E-state index is 11.4. The monoisotopic (exact) mass is 397 g/mol. The summed E-state index contributed by atoms with van der Waals surface area (Å²) in [4.78, 5) is 22.5. The zero-order valence-electron chi connectivity index (χ0n) is 17.7. The summed E-state index contributed by atoms with van der Waals surface area (Å²) in [6.45, 7) is 8.07. The van der Waals surface area contributed by atoms with Crippen LogP contribution in [0.1, 0.15) is 66.8 Å². The van der Waals surface area contributed by atoms with E-state index in [0.717, 1.165) is 18.4 Å². The first kappa shape index (κ1) is 24.0. The summed E-state index contributed by atoms with van der Waals surface area (Å²) in [5.74, 6) is -0.00981. The molecule has 2 aromatic rings. The fourth-order valence-electron chi connectivity index (χ4n) is 2.29. The van der Waals surface area contributed by atoms with Crippen molar-refractivity contribution in [2.75, 3.05) is 12.3 Å². The van der Waals surface area contributed by atoms with E-state index in [9.17, 15) is 14.7 Å². The zero-order valence-corrected chi connectivity index (χ0v) is 17.7. The molecule has 0 aromatic heterocycles. The molecule has 0 aliphatic rings. The number of esters is 1. The van der Waals surface area contributed by atoms with Crippen LogP contribution in [0.25, 0.3) is 0 Å². The number of nitrogen functional groups attached to an aromatic ring is 1. The number of carbonyl (C=O) groups excluding carboxylic acids is 2. The molecule has 5 heteroatoms. The minimum atomic E-state index is -0.279. The van der Waals surface area contributed by atoms with Crippen molar-refractivity contribution < 1.29 is 19.4 Å². The average molecular weight is 398 g/mol. The molecule has 0 aliphatic heterocycles. The minimum Gasteiger partial charge on any atom is -0.508 e. The summed E-state index contributed by atoms with van der Waals surface area (Å²) >= 11 is 0. The molecule has 5 nitrogen and oxygen atoms in total. The third kappa shape index (κ3) is 9.10. The van der Waals surface area contributed by atoms with Gasteiger partial charge in [0.05, 0.1) is 12.2 Å².